The molecule has 1 aliphatic heterocycles. The summed E-state index contributed by atoms with van der Waals surface area (Å²) in [6.45, 7) is 3.65. The zero-order chi connectivity index (χ0) is 29.7. The number of aromatic nitrogens is 1. The Kier molecular flexibility index (Phi) is 9.64. The lowest BCUT2D eigenvalue weighted by atomic mass is 10.0. The van der Waals surface area contributed by atoms with Crippen LogP contribution in [0.2, 0.25) is 5.02 Å². The minimum atomic E-state index is -3.86. The molecule has 3 aromatic rings. The number of hydrogen-bond donors (Lipinski definition) is 2. The second kappa shape index (κ2) is 13.0. The van der Waals surface area contributed by atoms with E-state index in [1.165, 1.54) is 48.0 Å². The van der Waals surface area contributed by atoms with Gasteiger partial charge in [0.1, 0.15) is 11.9 Å². The Morgan fingerprint density at radius 1 is 1.20 bits per heavy atom. The number of benzene rings is 2. The van der Waals surface area contributed by atoms with E-state index < -0.39 is 22.2 Å². The van der Waals surface area contributed by atoms with Crippen molar-refractivity contribution in [1.82, 2.24) is 14.2 Å². The summed E-state index contributed by atoms with van der Waals surface area (Å²) in [4.78, 5) is 31.8. The summed E-state index contributed by atoms with van der Waals surface area (Å²) in [7, 11) is -2.38. The number of carbonyl (C=O) groups excluding carboxylic acids is 2. The quantitative estimate of drug-likeness (QED) is 0.405. The number of nitrogens with one attached hydrogen (secondary N) is 1. The molecule has 0 bridgehead atoms. The van der Waals surface area contributed by atoms with Gasteiger partial charge in [-0.1, -0.05) is 18.5 Å². The van der Waals surface area contributed by atoms with Crippen molar-refractivity contribution in [2.75, 3.05) is 32.1 Å². The molecule has 0 spiro atoms. The van der Waals surface area contributed by atoms with Crippen LogP contribution in [0.5, 0.6) is 5.75 Å². The second-order valence-electron chi connectivity index (χ2n) is 10.1. The highest BCUT2D eigenvalue weighted by Crippen LogP contribution is 2.30. The number of sulfonamides is 1. The first kappa shape index (κ1) is 30.4. The standard InChI is InChI=1S/C29H33ClN4O6S/c1-19-16-34(20(2)18-35)28(36)15-22-14-24(32-29(37)21-10-12-31-13-11-21)6-9-26(22)40-27(19)17-33(3)41(38,39)25-7-4-23(30)5-8-25/h4-14,19-20,27,35H,15-18H2,1-3H3,(H,32,37)/t19-,20-,27-/m1/s1. The van der Waals surface area contributed by atoms with Crippen molar-refractivity contribution in [3.8, 4) is 5.75 Å². The lowest BCUT2D eigenvalue weighted by Gasteiger charge is -2.33. The maximum absolute atomic E-state index is 13.4. The fourth-order valence-electron chi connectivity index (χ4n) is 4.57. The summed E-state index contributed by atoms with van der Waals surface area (Å²) in [6.07, 6.45) is 2.37. The summed E-state index contributed by atoms with van der Waals surface area (Å²) in [6, 6.07) is 13.7. The Labute approximate surface area is 245 Å². The summed E-state index contributed by atoms with van der Waals surface area (Å²) < 4.78 is 34.3. The number of hydrogen-bond acceptors (Lipinski definition) is 7. The molecule has 0 radical (unpaired) electrons. The average molecular weight is 601 g/mol. The van der Waals surface area contributed by atoms with E-state index in [1.54, 1.807) is 42.2 Å². The van der Waals surface area contributed by atoms with Gasteiger partial charge in [-0.05, 0) is 61.5 Å². The van der Waals surface area contributed by atoms with Crippen LogP contribution in [-0.4, -0.2) is 78.4 Å². The SMILES string of the molecule is C[C@@H]1CN([C@H](C)CO)C(=O)Cc2cc(NC(=O)c3ccncc3)ccc2O[C@@H]1CN(C)S(=O)(=O)c1ccc(Cl)cc1. The molecule has 41 heavy (non-hydrogen) atoms. The topological polar surface area (TPSA) is 129 Å². The summed E-state index contributed by atoms with van der Waals surface area (Å²) in [5, 5.41) is 13.1. The van der Waals surface area contributed by atoms with Crippen LogP contribution in [0.4, 0.5) is 5.69 Å². The van der Waals surface area contributed by atoms with Gasteiger partial charge in [-0.2, -0.15) is 4.31 Å². The number of amides is 2. The van der Waals surface area contributed by atoms with Crippen LogP contribution in [0.1, 0.15) is 29.8 Å². The number of likely N-dealkylation sites (N-methyl/N-ethyl adjacent to an activating group) is 1. The molecule has 12 heteroatoms. The van der Waals surface area contributed by atoms with Gasteiger partial charge in [0.2, 0.25) is 15.9 Å². The number of rotatable bonds is 8. The first-order valence-electron chi connectivity index (χ1n) is 13.1. The Hall–Kier alpha value is -3.51. The van der Waals surface area contributed by atoms with Gasteiger partial charge in [-0.3, -0.25) is 14.6 Å². The average Bonchev–Trinajstić information content (AvgIpc) is 3.00. The maximum Gasteiger partial charge on any atom is 0.255 e. The number of aliphatic hydroxyl groups is 1. The van der Waals surface area contributed by atoms with Gasteiger partial charge in [-0.15, -0.1) is 0 Å². The smallest absolute Gasteiger partial charge is 0.255 e. The number of pyridine rings is 1. The number of ether oxygens (including phenoxy) is 1. The predicted octanol–water partition coefficient (Wildman–Crippen LogP) is 3.46. The normalized spacial score (nSPS) is 18.5. The number of aliphatic hydroxyl groups excluding tert-OH is 1. The number of halogens is 1. The number of fused-ring (bicyclic) bond motifs is 1. The van der Waals surface area contributed by atoms with Gasteiger partial charge in [0.25, 0.3) is 5.91 Å². The molecule has 2 N–H and O–H groups in total. The molecule has 0 fully saturated rings. The Balaban J connectivity index is 1.65. The molecule has 2 aromatic carbocycles. The maximum atomic E-state index is 13.4. The molecular weight excluding hydrogens is 568 g/mol. The van der Waals surface area contributed by atoms with Crippen molar-refractivity contribution >= 4 is 39.1 Å². The van der Waals surface area contributed by atoms with Gasteiger partial charge in [0.15, 0.2) is 0 Å². The van der Waals surface area contributed by atoms with Gasteiger partial charge < -0.3 is 20.1 Å². The van der Waals surface area contributed by atoms with E-state index in [2.05, 4.69) is 10.3 Å². The van der Waals surface area contributed by atoms with E-state index in [4.69, 9.17) is 16.3 Å². The van der Waals surface area contributed by atoms with Crippen LogP contribution in [-0.2, 0) is 21.2 Å². The zero-order valence-electron chi connectivity index (χ0n) is 23.0. The third-order valence-corrected chi connectivity index (χ3v) is 9.17. The van der Waals surface area contributed by atoms with Crippen LogP contribution in [0, 0.1) is 5.92 Å². The highest BCUT2D eigenvalue weighted by molar-refractivity contribution is 7.89. The zero-order valence-corrected chi connectivity index (χ0v) is 24.6. The van der Waals surface area contributed by atoms with Crippen molar-refractivity contribution in [3.63, 3.8) is 0 Å². The Bertz CT molecular complexity index is 1490. The first-order chi connectivity index (χ1) is 19.5. The summed E-state index contributed by atoms with van der Waals surface area (Å²) in [5.74, 6) is -0.442. The summed E-state index contributed by atoms with van der Waals surface area (Å²) in [5.41, 5.74) is 1.42. The van der Waals surface area contributed by atoms with Crippen LogP contribution in [0.3, 0.4) is 0 Å². The highest BCUT2D eigenvalue weighted by Gasteiger charge is 2.33. The molecule has 4 rings (SSSR count). The third kappa shape index (κ3) is 7.23. The fraction of sp³-hybridized carbons (Fsp3) is 0.345. The van der Waals surface area contributed by atoms with Crippen molar-refractivity contribution in [1.29, 1.82) is 0 Å². The Morgan fingerprint density at radius 3 is 2.54 bits per heavy atom. The molecule has 0 saturated heterocycles. The second-order valence-corrected chi connectivity index (χ2v) is 12.6. The Morgan fingerprint density at radius 2 is 1.88 bits per heavy atom. The molecule has 1 aromatic heterocycles. The number of carbonyl (C=O) groups is 2. The summed E-state index contributed by atoms with van der Waals surface area (Å²) >= 11 is 5.94. The van der Waals surface area contributed by atoms with E-state index in [1.807, 2.05) is 6.92 Å². The molecule has 2 amide bonds. The first-order valence-corrected chi connectivity index (χ1v) is 14.9. The fourth-order valence-corrected chi connectivity index (χ4v) is 5.88. The van der Waals surface area contributed by atoms with Crippen molar-refractivity contribution in [2.24, 2.45) is 5.92 Å². The molecule has 0 aliphatic carbocycles. The largest absolute Gasteiger partial charge is 0.488 e. The third-order valence-electron chi connectivity index (χ3n) is 7.08. The predicted molar refractivity (Wildman–Crippen MR) is 155 cm³/mol. The van der Waals surface area contributed by atoms with Gasteiger partial charge in [-0.25, -0.2) is 8.42 Å². The van der Waals surface area contributed by atoms with Gasteiger partial charge >= 0.3 is 0 Å². The molecule has 218 valence electrons. The van der Waals surface area contributed by atoms with E-state index in [0.717, 1.165) is 0 Å². The van der Waals surface area contributed by atoms with Crippen LogP contribution >= 0.6 is 11.6 Å². The monoisotopic (exact) mass is 600 g/mol. The van der Waals surface area contributed by atoms with E-state index >= 15 is 0 Å². The van der Waals surface area contributed by atoms with Crippen LogP contribution in [0.25, 0.3) is 0 Å². The van der Waals surface area contributed by atoms with Crippen molar-refractivity contribution in [2.45, 2.75) is 37.3 Å². The van der Waals surface area contributed by atoms with Crippen molar-refractivity contribution < 1.29 is 27.9 Å². The van der Waals surface area contributed by atoms with E-state index in [9.17, 15) is 23.1 Å². The molecular formula is C29H33ClN4O6S. The number of nitrogens with zero attached hydrogens (tertiary/aromatic N) is 3. The van der Waals surface area contributed by atoms with Crippen molar-refractivity contribution in [3.05, 3.63) is 83.1 Å². The molecule has 3 atom stereocenters. The van der Waals surface area contributed by atoms with Crippen LogP contribution < -0.4 is 10.1 Å². The minimum Gasteiger partial charge on any atom is -0.488 e. The number of anilines is 1. The minimum absolute atomic E-state index is 0.00162. The molecule has 0 saturated carbocycles. The highest BCUT2D eigenvalue weighted by atomic mass is 35.5. The lowest BCUT2D eigenvalue weighted by molar-refractivity contribution is -0.134. The molecule has 1 aliphatic rings. The van der Waals surface area contributed by atoms with Gasteiger partial charge in [0.05, 0.1) is 30.5 Å². The van der Waals surface area contributed by atoms with E-state index in [-0.39, 0.29) is 48.7 Å². The molecule has 0 unspecified atom stereocenters. The van der Waals surface area contributed by atoms with Gasteiger partial charge in [0, 0.05) is 53.7 Å². The molecule has 10 nitrogen and oxygen atoms in total. The van der Waals surface area contributed by atoms with E-state index in [0.29, 0.717) is 27.6 Å². The lowest BCUT2D eigenvalue weighted by Crippen LogP contribution is -2.48. The van der Waals surface area contributed by atoms with Crippen LogP contribution in [0.15, 0.2) is 71.9 Å². The molecule has 2 heterocycles.